The number of β-amino-alcohol motifs (C(OH)–C–C–N with tert-alkyl or cyclic N) is 1. The molecule has 10 unspecified atom stereocenters. The first kappa shape index (κ1) is 103. The van der Waals surface area contributed by atoms with Crippen molar-refractivity contribution in [1.29, 1.82) is 0 Å². The molecule has 678 valence electrons. The van der Waals surface area contributed by atoms with Crippen molar-refractivity contribution < 1.29 is 179 Å². The van der Waals surface area contributed by atoms with E-state index in [1.54, 1.807) is 6.92 Å². The van der Waals surface area contributed by atoms with Gasteiger partial charge in [0, 0.05) is 117 Å². The lowest BCUT2D eigenvalue weighted by Crippen LogP contribution is -2.64. The molecule has 5 fully saturated rings. The van der Waals surface area contributed by atoms with Gasteiger partial charge in [-0.2, -0.15) is 0 Å². The van der Waals surface area contributed by atoms with Crippen LogP contribution < -0.4 is 31.9 Å². The van der Waals surface area contributed by atoms with Gasteiger partial charge in [0.05, 0.1) is 129 Å². The number of carbonyl (C=O) groups is 11. The van der Waals surface area contributed by atoms with Gasteiger partial charge in [-0.15, -0.1) is 0 Å². The maximum Gasteiger partial charge on any atom is 0.330 e. The molecule has 18 N–H and O–H groups in total. The maximum absolute atomic E-state index is 14.4. The van der Waals surface area contributed by atoms with Crippen LogP contribution in [0.5, 0.6) is 0 Å². The van der Waals surface area contributed by atoms with Crippen molar-refractivity contribution in [2.75, 3.05) is 112 Å². The van der Waals surface area contributed by atoms with Crippen molar-refractivity contribution in [3.05, 3.63) is 0 Å². The lowest BCUT2D eigenvalue weighted by Gasteiger charge is -2.42. The van der Waals surface area contributed by atoms with E-state index in [1.165, 1.54) is 18.7 Å². The second kappa shape index (κ2) is 51.6. The van der Waals surface area contributed by atoms with E-state index in [0.717, 1.165) is 20.8 Å². The molecule has 0 aromatic carbocycles. The Morgan fingerprint density at radius 1 is 0.492 bits per heavy atom. The Kier molecular flexibility index (Phi) is 45.0. The van der Waals surface area contributed by atoms with E-state index >= 15 is 0 Å². The zero-order valence-corrected chi connectivity index (χ0v) is 69.2. The molecule has 0 aromatic rings. The highest BCUT2D eigenvalue weighted by Gasteiger charge is 2.49. The van der Waals surface area contributed by atoms with Crippen LogP contribution in [-0.2, 0) is 118 Å². The average molecular weight is 1740 g/mol. The number of ether oxygens (including phenoxy) is 10. The Balaban J connectivity index is 1.26. The van der Waals surface area contributed by atoms with E-state index in [0.29, 0.717) is 0 Å². The number of hydrogen-bond donors (Lipinski definition) is 18. The third kappa shape index (κ3) is 35.4. The van der Waals surface area contributed by atoms with E-state index in [1.807, 2.05) is 0 Å². The first-order chi connectivity index (χ1) is 55.7. The predicted octanol–water partition coefficient (Wildman–Crippen LogP) is -6.31. The van der Waals surface area contributed by atoms with E-state index in [-0.39, 0.29) is 161 Å². The molecule has 7 amide bonds. The number of nitrogens with one attached hydrogen (secondary N) is 6. The van der Waals surface area contributed by atoms with Gasteiger partial charge in [-0.1, -0.05) is 13.8 Å². The first-order valence-electron chi connectivity index (χ1n) is 39.3. The Labute approximate surface area is 683 Å². The fourth-order valence-corrected chi connectivity index (χ4v) is 14.9. The van der Waals surface area contributed by atoms with E-state index in [4.69, 9.17) is 60.9 Å². The van der Waals surface area contributed by atoms with Gasteiger partial charge in [0.1, 0.15) is 108 Å². The highest BCUT2D eigenvalue weighted by molar-refractivity contribution is 7.58. The summed E-state index contributed by atoms with van der Waals surface area (Å²) in [6.45, 7) is 1.44. The van der Waals surface area contributed by atoms with Crippen LogP contribution in [0, 0.1) is 0 Å². The zero-order chi connectivity index (χ0) is 87.6. The van der Waals surface area contributed by atoms with Crippen molar-refractivity contribution in [3.8, 4) is 0 Å². The van der Waals surface area contributed by atoms with E-state index < -0.39 is 261 Å². The number of ketones is 4. The molecular weight excluding hydrogens is 1620 g/mol. The molecular formula is C72H123N7O37P2. The number of carbonyl (C=O) groups excluding carboxylic acids is 11. The molecule has 0 bridgehead atoms. The van der Waals surface area contributed by atoms with Crippen molar-refractivity contribution in [1.82, 2.24) is 36.8 Å². The summed E-state index contributed by atoms with van der Waals surface area (Å²) in [5, 5.41) is 118. The van der Waals surface area contributed by atoms with Crippen LogP contribution in [0.2, 0.25) is 0 Å². The lowest BCUT2D eigenvalue weighted by atomic mass is 9.97. The van der Waals surface area contributed by atoms with Gasteiger partial charge < -0.3 is 159 Å². The Morgan fingerprint density at radius 2 is 0.890 bits per heavy atom. The summed E-state index contributed by atoms with van der Waals surface area (Å²) in [4.78, 5) is 165. The standard InChI is InChI=1S/C72H123N7O37P2/c1-40(2)118(102,103)111-36-55-51(29-41(3)112-55)116-117(7,101)110-35-45-30-50(90)31-79(45)59(94)12-11-58(93)78-72(37-104-23-15-46(86)9-8-10-47(87)17-26-107-69-60(75-42(4)83)66(98)63(95)52(32-80)113-69,38-105-24-16-48(88)13-21-74-57(92)20-28-109-71-62(77-44(6)85)68(100)65(97)54(34-82)115-71)39-106-25-19-56(91)73-22-14-49(89)18-27-108-70-61(76-43(5)84)67(99)64(96)53(33-81)114-70/h40-41,45,50-55,60-71,80-82,90,95-101H,7-39H2,1-6H3,(H,73,91)(H,74,92)(H,75,83)(H,76,84)(H,77,85)(H,78,93)(H,102,103)/t41-,45-,50+,51?,52?,53?,54?,55+,60?,61?,62?,63-,64-,65-,66+,67+,68+,69+,70+,71+,72?,117?/m0/s1. The fourth-order valence-electron chi connectivity index (χ4n) is 13.1. The highest BCUT2D eigenvalue weighted by Crippen LogP contribution is 2.50. The van der Waals surface area contributed by atoms with Crippen LogP contribution in [0.3, 0.4) is 0 Å². The normalized spacial score (nSPS) is 29.3. The van der Waals surface area contributed by atoms with Gasteiger partial charge in [0.2, 0.25) is 48.9 Å². The van der Waals surface area contributed by atoms with Crippen molar-refractivity contribution in [2.24, 2.45) is 0 Å². The minimum absolute atomic E-state index is 0.0293. The molecule has 0 radical (unpaired) electrons. The number of Topliss-reactive ketones (excluding diaryl/α,β-unsaturated/α-hetero) is 4. The van der Waals surface area contributed by atoms with Crippen molar-refractivity contribution in [3.63, 3.8) is 0 Å². The summed E-state index contributed by atoms with van der Waals surface area (Å²) in [7, 11) is -8.00. The number of aliphatic hydroxyl groups is 10. The Hall–Kier alpha value is -5.50. The molecule has 44 nitrogen and oxygen atoms in total. The number of aliphatic hydroxyl groups excluding tert-OH is 10. The Morgan fingerprint density at radius 3 is 1.31 bits per heavy atom. The van der Waals surface area contributed by atoms with Crippen LogP contribution in [0.25, 0.3) is 0 Å². The molecule has 5 saturated heterocycles. The van der Waals surface area contributed by atoms with E-state index in [2.05, 4.69) is 38.2 Å². The summed E-state index contributed by atoms with van der Waals surface area (Å²) < 4.78 is 86.9. The molecule has 5 rings (SSSR count). The topological polar surface area (TPSA) is 643 Å². The molecule has 5 aliphatic heterocycles. The van der Waals surface area contributed by atoms with Crippen molar-refractivity contribution >= 4 is 85.9 Å². The van der Waals surface area contributed by atoms with E-state index in [9.17, 15) is 118 Å². The van der Waals surface area contributed by atoms with Crippen LogP contribution >= 0.6 is 15.2 Å². The lowest BCUT2D eigenvalue weighted by molar-refractivity contribution is -0.270. The van der Waals surface area contributed by atoms with Gasteiger partial charge in [0.15, 0.2) is 18.9 Å². The largest absolute Gasteiger partial charge is 0.394 e. The summed E-state index contributed by atoms with van der Waals surface area (Å²) in [6, 6.07) is -4.64. The predicted molar refractivity (Wildman–Crippen MR) is 406 cm³/mol. The monoisotopic (exact) mass is 1740 g/mol. The van der Waals surface area contributed by atoms with Gasteiger partial charge >= 0.3 is 7.60 Å². The van der Waals surface area contributed by atoms with Gasteiger partial charge in [-0.3, -0.25) is 57.3 Å². The molecule has 23 atom stereocenters. The molecule has 0 spiro atoms. The zero-order valence-electron chi connectivity index (χ0n) is 67.4. The maximum atomic E-state index is 14.4. The second-order valence-electron chi connectivity index (χ2n) is 29.9. The smallest absolute Gasteiger partial charge is 0.330 e. The minimum Gasteiger partial charge on any atom is -0.394 e. The van der Waals surface area contributed by atoms with Gasteiger partial charge in [-0.05, 0) is 26.1 Å². The molecule has 118 heavy (non-hydrogen) atoms. The number of likely N-dealkylation sites (tertiary alicyclic amines) is 1. The number of rotatable bonds is 56. The summed E-state index contributed by atoms with van der Waals surface area (Å²) in [6.07, 6.45) is -19.8. The average Bonchev–Trinajstić information content (AvgIpc) is 1.28. The third-order valence-electron chi connectivity index (χ3n) is 19.6. The molecule has 0 aromatic heterocycles. The molecule has 46 heteroatoms. The number of amides is 7. The summed E-state index contributed by atoms with van der Waals surface area (Å²) >= 11 is 0. The van der Waals surface area contributed by atoms with Crippen LogP contribution in [0.1, 0.15) is 138 Å². The van der Waals surface area contributed by atoms with Gasteiger partial charge in [-0.25, -0.2) is 0 Å². The number of nitrogens with zero attached hydrogens (tertiary/aromatic N) is 1. The number of hydrogen-bond acceptors (Lipinski definition) is 36. The summed E-state index contributed by atoms with van der Waals surface area (Å²) in [5.74, 6) is -5.92. The quantitative estimate of drug-likeness (QED) is 0.0199. The van der Waals surface area contributed by atoms with Crippen molar-refractivity contribution in [2.45, 2.75) is 271 Å². The molecule has 0 aliphatic carbocycles. The molecule has 5 aliphatic rings. The second-order valence-corrected chi connectivity index (χ2v) is 34.1. The fraction of sp³-hybridized carbons (Fsp3) is 0.833. The highest BCUT2D eigenvalue weighted by atomic mass is 31.2. The van der Waals surface area contributed by atoms with Gasteiger partial charge in [0.25, 0.3) is 0 Å². The molecule has 5 heterocycles. The summed E-state index contributed by atoms with van der Waals surface area (Å²) in [5.41, 5.74) is -2.49. The first-order valence-corrected chi connectivity index (χ1v) is 42.7. The SMILES string of the molecule is C=P(O)(OC[C@@H]1C[C@@H](O)CN1C(=O)CCC(=O)NC(COCCC(=O)CCCC(=O)CCO[C@@H]1OC(CO)[C@H](O)[C@H](O)C1NC(C)=O)(COCCC(=O)CCNC(=O)CCO[C@@H]1OC(CO)[C@H](O)[C@H](O)C1NC(C)=O)COCCC(=O)NCCC(=O)CCO[C@@H]1OC(CO)[C@H](O)[C@H](O)C1NC(C)=O)OC1C[C@H](C)O[C@@H]1COP(=O)(O)C(C)C. The van der Waals surface area contributed by atoms with Crippen LogP contribution in [0.15, 0.2) is 0 Å². The third-order valence-corrected chi connectivity index (χ3v) is 22.6. The van der Waals surface area contributed by atoms with Crippen LogP contribution in [-0.4, -0.2) is 382 Å². The molecule has 0 saturated carbocycles. The Bertz CT molecular complexity index is 3090. The minimum atomic E-state index is -4.02. The van der Waals surface area contributed by atoms with Crippen LogP contribution in [0.4, 0.5) is 0 Å².